The second kappa shape index (κ2) is 10.4. The number of anilines is 1. The second-order valence-corrected chi connectivity index (χ2v) is 7.29. The van der Waals surface area contributed by atoms with Gasteiger partial charge >= 0.3 is 0 Å². The third-order valence-electron chi connectivity index (χ3n) is 4.35. The van der Waals surface area contributed by atoms with Gasteiger partial charge in [-0.3, -0.25) is 9.59 Å². The summed E-state index contributed by atoms with van der Waals surface area (Å²) in [4.78, 5) is 30.6. The van der Waals surface area contributed by atoms with E-state index in [2.05, 4.69) is 10.3 Å². The largest absolute Gasteiger partial charge is 0.497 e. The molecule has 0 aliphatic heterocycles. The lowest BCUT2D eigenvalue weighted by atomic mass is 10.1. The molecule has 0 saturated heterocycles. The lowest BCUT2D eigenvalue weighted by Gasteiger charge is -2.18. The Morgan fingerprint density at radius 2 is 1.94 bits per heavy atom. The number of rotatable bonds is 9. The van der Waals surface area contributed by atoms with Crippen LogP contribution < -0.4 is 19.5 Å². The highest BCUT2D eigenvalue weighted by Gasteiger charge is 2.18. The molecule has 1 aromatic heterocycles. The van der Waals surface area contributed by atoms with Crippen molar-refractivity contribution in [1.29, 1.82) is 0 Å². The van der Waals surface area contributed by atoms with Gasteiger partial charge in [0.2, 0.25) is 5.91 Å². The molecule has 3 rings (SSSR count). The van der Waals surface area contributed by atoms with Crippen LogP contribution in [0.1, 0.15) is 16.1 Å². The van der Waals surface area contributed by atoms with Gasteiger partial charge in [0.05, 0.1) is 32.0 Å². The molecule has 162 valence electrons. The van der Waals surface area contributed by atoms with E-state index in [1.165, 1.54) is 23.3 Å². The fraction of sp³-hybridized carbons (Fsp3) is 0.227. The van der Waals surface area contributed by atoms with Crippen molar-refractivity contribution in [1.82, 2.24) is 9.88 Å². The Hall–Kier alpha value is -3.59. The van der Waals surface area contributed by atoms with Gasteiger partial charge in [0, 0.05) is 29.7 Å². The minimum atomic E-state index is -0.320. The Morgan fingerprint density at radius 3 is 2.65 bits per heavy atom. The normalized spacial score (nSPS) is 10.3. The molecule has 0 aliphatic rings. The van der Waals surface area contributed by atoms with E-state index >= 15 is 0 Å². The smallest absolute Gasteiger partial charge is 0.254 e. The van der Waals surface area contributed by atoms with Gasteiger partial charge in [0.1, 0.15) is 12.4 Å². The van der Waals surface area contributed by atoms with Crippen LogP contribution in [0.2, 0.25) is 0 Å². The predicted octanol–water partition coefficient (Wildman–Crippen LogP) is 3.45. The highest BCUT2D eigenvalue weighted by molar-refractivity contribution is 7.07. The summed E-state index contributed by atoms with van der Waals surface area (Å²) in [5.41, 5.74) is 3.52. The van der Waals surface area contributed by atoms with Crippen molar-refractivity contribution in [2.75, 3.05) is 33.1 Å². The molecule has 0 saturated carbocycles. The highest BCUT2D eigenvalue weighted by atomic mass is 32.1. The van der Waals surface area contributed by atoms with E-state index in [-0.39, 0.29) is 18.4 Å². The number of hydrogen-bond acceptors (Lipinski definition) is 7. The van der Waals surface area contributed by atoms with Crippen LogP contribution in [0.15, 0.2) is 53.4 Å². The van der Waals surface area contributed by atoms with E-state index in [4.69, 9.17) is 14.2 Å². The molecule has 1 heterocycles. The van der Waals surface area contributed by atoms with E-state index in [1.54, 1.807) is 62.1 Å². The maximum atomic E-state index is 12.8. The quantitative estimate of drug-likeness (QED) is 0.547. The van der Waals surface area contributed by atoms with E-state index in [0.717, 1.165) is 5.69 Å². The summed E-state index contributed by atoms with van der Waals surface area (Å²) in [6.45, 7) is 0.192. The van der Waals surface area contributed by atoms with Crippen molar-refractivity contribution >= 4 is 28.8 Å². The summed E-state index contributed by atoms with van der Waals surface area (Å²) >= 11 is 1.49. The van der Waals surface area contributed by atoms with E-state index in [0.29, 0.717) is 35.1 Å². The SMILES string of the molecule is COc1cccc(NC(=O)CN(C)C(=O)c2ccc(OCc3cscn3)c(OC)c2)c1. The molecule has 0 aliphatic carbocycles. The number of nitrogens with one attached hydrogen (secondary N) is 1. The van der Waals surface area contributed by atoms with Crippen LogP contribution >= 0.6 is 11.3 Å². The maximum Gasteiger partial charge on any atom is 0.254 e. The molecule has 0 spiro atoms. The molecule has 0 fully saturated rings. The monoisotopic (exact) mass is 441 g/mol. The first-order chi connectivity index (χ1) is 15.0. The number of nitrogens with zero attached hydrogens (tertiary/aromatic N) is 2. The molecule has 8 nitrogen and oxygen atoms in total. The lowest BCUT2D eigenvalue weighted by Crippen LogP contribution is -2.34. The Morgan fingerprint density at radius 1 is 1.10 bits per heavy atom. The third kappa shape index (κ3) is 5.95. The summed E-state index contributed by atoms with van der Waals surface area (Å²) in [5, 5.41) is 4.65. The predicted molar refractivity (Wildman–Crippen MR) is 118 cm³/mol. The molecule has 0 atom stereocenters. The number of likely N-dealkylation sites (N-methyl/N-ethyl adjacent to an activating group) is 1. The lowest BCUT2D eigenvalue weighted by molar-refractivity contribution is -0.116. The molecule has 31 heavy (non-hydrogen) atoms. The summed E-state index contributed by atoms with van der Waals surface area (Å²) in [6, 6.07) is 11.9. The number of hydrogen-bond donors (Lipinski definition) is 1. The van der Waals surface area contributed by atoms with Crippen molar-refractivity contribution in [3.63, 3.8) is 0 Å². The number of benzene rings is 2. The average molecular weight is 442 g/mol. The summed E-state index contributed by atoms with van der Waals surface area (Å²) < 4.78 is 16.2. The van der Waals surface area contributed by atoms with Crippen LogP contribution in [0.25, 0.3) is 0 Å². The van der Waals surface area contributed by atoms with Crippen molar-refractivity contribution in [3.05, 3.63) is 64.6 Å². The van der Waals surface area contributed by atoms with Gasteiger partial charge in [-0.15, -0.1) is 11.3 Å². The maximum absolute atomic E-state index is 12.8. The Bertz CT molecular complexity index is 1040. The molecule has 2 aromatic carbocycles. The molecular weight excluding hydrogens is 418 g/mol. The summed E-state index contributed by atoms with van der Waals surface area (Å²) in [6.07, 6.45) is 0. The molecule has 0 radical (unpaired) electrons. The van der Waals surface area contributed by atoms with Crippen LogP contribution in [0.3, 0.4) is 0 Å². The van der Waals surface area contributed by atoms with E-state index in [1.807, 2.05) is 5.38 Å². The van der Waals surface area contributed by atoms with E-state index in [9.17, 15) is 9.59 Å². The van der Waals surface area contributed by atoms with Crippen LogP contribution in [-0.4, -0.2) is 49.5 Å². The van der Waals surface area contributed by atoms with Crippen LogP contribution in [-0.2, 0) is 11.4 Å². The number of amides is 2. The standard InChI is InChI=1S/C22H23N3O5S/c1-25(11-21(26)24-16-5-4-6-18(10-16)28-2)22(27)15-7-8-19(20(9-15)29-3)30-12-17-13-31-14-23-17/h4-10,13-14H,11-12H2,1-3H3,(H,24,26). The average Bonchev–Trinajstić information content (AvgIpc) is 3.30. The van der Waals surface area contributed by atoms with Crippen molar-refractivity contribution < 1.29 is 23.8 Å². The number of methoxy groups -OCH3 is 2. The second-order valence-electron chi connectivity index (χ2n) is 6.58. The molecule has 9 heteroatoms. The first kappa shape index (κ1) is 22.1. The fourth-order valence-electron chi connectivity index (χ4n) is 2.79. The Labute approximate surface area is 184 Å². The van der Waals surface area contributed by atoms with Gasteiger partial charge < -0.3 is 24.4 Å². The molecule has 1 N–H and O–H groups in total. The van der Waals surface area contributed by atoms with Crippen LogP contribution in [0.5, 0.6) is 17.2 Å². The molecular formula is C22H23N3O5S. The first-order valence-electron chi connectivity index (χ1n) is 9.37. The molecule has 2 amide bonds. The zero-order chi connectivity index (χ0) is 22.2. The molecule has 0 bridgehead atoms. The topological polar surface area (TPSA) is 90.0 Å². The van der Waals surface area contributed by atoms with Gasteiger partial charge in [-0.2, -0.15) is 0 Å². The molecule has 3 aromatic rings. The first-order valence-corrected chi connectivity index (χ1v) is 10.3. The van der Waals surface area contributed by atoms with Gasteiger partial charge in [-0.1, -0.05) is 6.07 Å². The zero-order valence-corrected chi connectivity index (χ0v) is 18.3. The summed E-state index contributed by atoms with van der Waals surface area (Å²) in [5.74, 6) is 0.927. The molecule has 0 unspecified atom stereocenters. The van der Waals surface area contributed by atoms with Crippen molar-refractivity contribution in [2.45, 2.75) is 6.61 Å². The van der Waals surface area contributed by atoms with Gasteiger partial charge in [0.25, 0.3) is 5.91 Å². The number of ether oxygens (including phenoxy) is 3. The van der Waals surface area contributed by atoms with Crippen LogP contribution in [0, 0.1) is 0 Å². The minimum absolute atomic E-state index is 0.111. The number of carbonyl (C=O) groups is 2. The van der Waals surface area contributed by atoms with Gasteiger partial charge in [-0.05, 0) is 30.3 Å². The minimum Gasteiger partial charge on any atom is -0.497 e. The highest BCUT2D eigenvalue weighted by Crippen LogP contribution is 2.29. The van der Waals surface area contributed by atoms with Crippen molar-refractivity contribution in [3.8, 4) is 17.2 Å². The number of thiazole rings is 1. The van der Waals surface area contributed by atoms with Crippen molar-refractivity contribution in [2.24, 2.45) is 0 Å². The fourth-order valence-corrected chi connectivity index (χ4v) is 3.33. The van der Waals surface area contributed by atoms with Crippen LogP contribution in [0.4, 0.5) is 5.69 Å². The van der Waals surface area contributed by atoms with E-state index < -0.39 is 0 Å². The third-order valence-corrected chi connectivity index (χ3v) is 4.99. The van der Waals surface area contributed by atoms with Gasteiger partial charge in [-0.25, -0.2) is 4.98 Å². The van der Waals surface area contributed by atoms with Gasteiger partial charge in [0.15, 0.2) is 11.5 Å². The Balaban J connectivity index is 1.61. The number of carbonyl (C=O) groups excluding carboxylic acids is 2. The number of aromatic nitrogens is 1. The Kier molecular flexibility index (Phi) is 7.45. The summed E-state index contributed by atoms with van der Waals surface area (Å²) in [7, 11) is 4.62. The zero-order valence-electron chi connectivity index (χ0n) is 17.5.